The van der Waals surface area contributed by atoms with Gasteiger partial charge in [0.2, 0.25) is 0 Å². The lowest BCUT2D eigenvalue weighted by Crippen LogP contribution is -2.60. The van der Waals surface area contributed by atoms with Gasteiger partial charge in [-0.15, -0.1) is 0 Å². The van der Waals surface area contributed by atoms with E-state index in [1.54, 1.807) is 10.4 Å². The van der Waals surface area contributed by atoms with Crippen molar-refractivity contribution < 1.29 is 0 Å². The molecule has 1 nitrogen and oxygen atoms in total. The van der Waals surface area contributed by atoms with E-state index in [0.717, 1.165) is 0 Å². The lowest BCUT2D eigenvalue weighted by atomic mass is 9.87. The lowest BCUT2D eigenvalue weighted by Gasteiger charge is -2.42. The van der Waals surface area contributed by atoms with Crippen molar-refractivity contribution in [3.63, 3.8) is 0 Å². The molecule has 0 unspecified atom stereocenters. The summed E-state index contributed by atoms with van der Waals surface area (Å²) in [5.41, 5.74) is 9.04. The molecule has 2 heteroatoms. The minimum atomic E-state index is -1.75. The molecule has 1 saturated heterocycles. The fourth-order valence-corrected chi connectivity index (χ4v) is 14.6. The van der Waals surface area contributed by atoms with Gasteiger partial charge in [-0.2, -0.15) is 0 Å². The molecule has 2 aliphatic heterocycles. The third kappa shape index (κ3) is 4.03. The quantitative estimate of drug-likeness (QED) is 0.139. The van der Waals surface area contributed by atoms with Crippen LogP contribution in [0.5, 0.6) is 0 Å². The molecule has 0 aromatic heterocycles. The predicted molar refractivity (Wildman–Crippen MR) is 208 cm³/mol. The van der Waals surface area contributed by atoms with Crippen molar-refractivity contribution >= 4 is 67.8 Å². The van der Waals surface area contributed by atoms with E-state index in [9.17, 15) is 0 Å². The topological polar surface area (TPSA) is 3.24 Å². The van der Waals surface area contributed by atoms with Crippen molar-refractivity contribution in [2.45, 2.75) is 24.9 Å². The van der Waals surface area contributed by atoms with Gasteiger partial charge in [0.15, 0.2) is 0 Å². The third-order valence-corrected chi connectivity index (χ3v) is 16.5. The first-order chi connectivity index (χ1) is 23.8. The van der Waals surface area contributed by atoms with Gasteiger partial charge in [-0.1, -0.05) is 140 Å². The summed E-state index contributed by atoms with van der Waals surface area (Å²) >= 11 is 0. The van der Waals surface area contributed by atoms with Crippen molar-refractivity contribution in [1.82, 2.24) is 0 Å². The van der Waals surface area contributed by atoms with Crippen LogP contribution in [0.25, 0.3) is 54.6 Å². The molecule has 0 amide bonds. The van der Waals surface area contributed by atoms with E-state index < -0.39 is 8.07 Å². The summed E-state index contributed by atoms with van der Waals surface area (Å²) < 4.78 is 0. The van der Waals surface area contributed by atoms with Crippen LogP contribution < -0.4 is 15.3 Å². The molecule has 8 aromatic rings. The third-order valence-electron chi connectivity index (χ3n) is 11.2. The molecule has 8 aromatic carbocycles. The maximum atomic E-state index is 2.53. The molecule has 0 atom stereocenters. The van der Waals surface area contributed by atoms with E-state index in [-0.39, 0.29) is 0 Å². The van der Waals surface area contributed by atoms with Crippen molar-refractivity contribution in [2.24, 2.45) is 0 Å². The number of benzene rings is 8. The Bertz CT molecular complexity index is 2460. The second kappa shape index (κ2) is 10.8. The molecular formula is C46H35NSi. The minimum absolute atomic E-state index is 1.22. The number of rotatable bonds is 3. The second-order valence-corrected chi connectivity index (χ2v) is 17.9. The van der Waals surface area contributed by atoms with Gasteiger partial charge in [0, 0.05) is 17.1 Å². The summed E-state index contributed by atoms with van der Waals surface area (Å²) in [5, 5.41) is 11.0. The van der Waals surface area contributed by atoms with Crippen molar-refractivity contribution in [3.8, 4) is 22.3 Å². The molecule has 228 valence electrons. The molecule has 0 aliphatic carbocycles. The smallest absolute Gasteiger partial charge is 0.123 e. The number of hydrogen-bond acceptors (Lipinski definition) is 1. The Morgan fingerprint density at radius 2 is 0.875 bits per heavy atom. The number of fused-ring (bicyclic) bond motifs is 9. The molecule has 10 rings (SSSR count). The van der Waals surface area contributed by atoms with Gasteiger partial charge in [0.25, 0.3) is 0 Å². The fourth-order valence-electron chi connectivity index (χ4n) is 9.08. The van der Waals surface area contributed by atoms with Gasteiger partial charge in [-0.05, 0) is 113 Å². The number of nitrogens with zero attached hydrogens (tertiary/aromatic N) is 1. The standard InChI is InChI=1S/C46H35NSi/c1-2-14-32(15-3-1)40-30-34-31-41(37-17-5-7-19-39(37)46(34)38-18-6-4-16-36(38)40)33-24-26-35(27-25-33)47-42-20-8-10-22-44(42)48(28-12-13-29-48)45-23-11-9-21-43(45)47/h1-11,14-27,30-31H,12-13,28-29H2. The van der Waals surface area contributed by atoms with E-state index in [4.69, 9.17) is 0 Å². The summed E-state index contributed by atoms with van der Waals surface area (Å²) in [4.78, 5) is 2.53. The molecule has 1 spiro atoms. The molecular weight excluding hydrogens is 595 g/mol. The molecule has 0 bridgehead atoms. The van der Waals surface area contributed by atoms with Gasteiger partial charge < -0.3 is 4.90 Å². The fraction of sp³-hybridized carbons (Fsp3) is 0.0870. The molecule has 2 heterocycles. The number of anilines is 3. The van der Waals surface area contributed by atoms with Gasteiger partial charge in [0.05, 0.1) is 0 Å². The first-order valence-electron chi connectivity index (χ1n) is 17.3. The minimum Gasteiger partial charge on any atom is -0.311 e. The van der Waals surface area contributed by atoms with Gasteiger partial charge >= 0.3 is 0 Å². The van der Waals surface area contributed by atoms with E-state index in [0.29, 0.717) is 0 Å². The Hall–Kier alpha value is -5.44. The van der Waals surface area contributed by atoms with Crippen LogP contribution >= 0.6 is 0 Å². The molecule has 0 saturated carbocycles. The second-order valence-electron chi connectivity index (χ2n) is 13.6. The Morgan fingerprint density at radius 1 is 0.417 bits per heavy atom. The van der Waals surface area contributed by atoms with Crippen molar-refractivity contribution in [3.05, 3.63) is 164 Å². The largest absolute Gasteiger partial charge is 0.311 e. The molecule has 2 aliphatic rings. The zero-order valence-corrected chi connectivity index (χ0v) is 27.9. The van der Waals surface area contributed by atoms with Crippen molar-refractivity contribution in [2.75, 3.05) is 4.90 Å². The molecule has 0 N–H and O–H groups in total. The van der Waals surface area contributed by atoms with Crippen LogP contribution in [0, 0.1) is 0 Å². The van der Waals surface area contributed by atoms with E-state index in [2.05, 4.69) is 169 Å². The normalized spacial score (nSPS) is 14.9. The zero-order valence-electron chi connectivity index (χ0n) is 26.9. The maximum absolute atomic E-state index is 2.53. The van der Waals surface area contributed by atoms with Crippen LogP contribution in [-0.4, -0.2) is 8.07 Å². The van der Waals surface area contributed by atoms with Gasteiger partial charge in [0.1, 0.15) is 8.07 Å². The summed E-state index contributed by atoms with van der Waals surface area (Å²) in [6, 6.07) is 64.1. The van der Waals surface area contributed by atoms with E-state index in [1.165, 1.54) is 96.6 Å². The highest BCUT2D eigenvalue weighted by molar-refractivity contribution is 7.05. The van der Waals surface area contributed by atoms with E-state index >= 15 is 0 Å². The van der Waals surface area contributed by atoms with Crippen LogP contribution in [0.3, 0.4) is 0 Å². The first kappa shape index (κ1) is 27.6. The Labute approximate surface area is 282 Å². The lowest BCUT2D eigenvalue weighted by molar-refractivity contribution is 0.935. The predicted octanol–water partition coefficient (Wildman–Crippen LogP) is 11.6. The first-order valence-corrected chi connectivity index (χ1v) is 19.7. The summed E-state index contributed by atoms with van der Waals surface area (Å²) in [6.07, 6.45) is 2.71. The SMILES string of the molecule is c1ccc(-c2cc3cc(-c4ccc(N5c6ccccc6[Si]6(CCCC6)c6ccccc65)cc4)c4ccccc4c3c3ccccc23)cc1. The number of hydrogen-bond donors (Lipinski definition) is 0. The average molecular weight is 630 g/mol. The summed E-state index contributed by atoms with van der Waals surface area (Å²) in [5.74, 6) is 0. The van der Waals surface area contributed by atoms with Gasteiger partial charge in [-0.3, -0.25) is 0 Å². The summed E-state index contributed by atoms with van der Waals surface area (Å²) in [7, 11) is -1.75. The maximum Gasteiger partial charge on any atom is 0.123 e. The van der Waals surface area contributed by atoms with E-state index in [1.807, 2.05) is 0 Å². The molecule has 48 heavy (non-hydrogen) atoms. The highest BCUT2D eigenvalue weighted by Gasteiger charge is 2.47. The van der Waals surface area contributed by atoms with Crippen LogP contribution in [0.15, 0.2) is 164 Å². The Balaban J connectivity index is 1.16. The van der Waals surface area contributed by atoms with Crippen molar-refractivity contribution in [1.29, 1.82) is 0 Å². The Kier molecular flexibility index (Phi) is 6.22. The highest BCUT2D eigenvalue weighted by Crippen LogP contribution is 2.45. The summed E-state index contributed by atoms with van der Waals surface area (Å²) in [6.45, 7) is 0. The van der Waals surface area contributed by atoms with Crippen LogP contribution in [0.2, 0.25) is 12.1 Å². The average Bonchev–Trinajstić information content (AvgIpc) is 3.65. The number of para-hydroxylation sites is 2. The van der Waals surface area contributed by atoms with Crippen LogP contribution in [0.4, 0.5) is 17.1 Å². The van der Waals surface area contributed by atoms with Crippen LogP contribution in [0.1, 0.15) is 12.8 Å². The van der Waals surface area contributed by atoms with Crippen LogP contribution in [-0.2, 0) is 0 Å². The monoisotopic (exact) mass is 629 g/mol. The Morgan fingerprint density at radius 3 is 1.44 bits per heavy atom. The zero-order chi connectivity index (χ0) is 31.7. The highest BCUT2D eigenvalue weighted by atomic mass is 28.3. The van der Waals surface area contributed by atoms with Gasteiger partial charge in [-0.25, -0.2) is 0 Å². The molecule has 1 fully saturated rings. The molecule has 0 radical (unpaired) electrons.